The molecule has 0 saturated heterocycles. The summed E-state index contributed by atoms with van der Waals surface area (Å²) in [4.78, 5) is 23.8. The van der Waals surface area contributed by atoms with Gasteiger partial charge in [-0.25, -0.2) is 4.79 Å². The molecular formula is C15H19Cl2NO3. The van der Waals surface area contributed by atoms with Gasteiger partial charge in [-0.1, -0.05) is 43.1 Å². The number of methoxy groups -OCH3 is 1. The first kappa shape index (κ1) is 17.8. The molecule has 1 amide bonds. The minimum atomic E-state index is -0.663. The van der Waals surface area contributed by atoms with Crippen molar-refractivity contribution >= 4 is 35.1 Å². The Morgan fingerprint density at radius 2 is 1.81 bits per heavy atom. The maximum absolute atomic E-state index is 12.1. The molecular weight excluding hydrogens is 313 g/mol. The molecule has 0 aliphatic rings. The molecule has 0 fully saturated rings. The predicted molar refractivity (Wildman–Crippen MR) is 83.6 cm³/mol. The lowest BCUT2D eigenvalue weighted by Gasteiger charge is -2.18. The molecule has 116 valence electrons. The van der Waals surface area contributed by atoms with E-state index in [1.54, 1.807) is 18.2 Å². The number of benzene rings is 1. The van der Waals surface area contributed by atoms with Crippen LogP contribution in [0.4, 0.5) is 0 Å². The van der Waals surface area contributed by atoms with Gasteiger partial charge in [-0.2, -0.15) is 0 Å². The molecule has 1 aromatic rings. The molecule has 0 aliphatic carbocycles. The van der Waals surface area contributed by atoms with Gasteiger partial charge in [0.1, 0.15) is 6.04 Å². The quantitative estimate of drug-likeness (QED) is 0.814. The van der Waals surface area contributed by atoms with Gasteiger partial charge in [0, 0.05) is 10.0 Å². The van der Waals surface area contributed by atoms with Gasteiger partial charge in [-0.3, -0.25) is 4.79 Å². The molecule has 1 atom stereocenters. The van der Waals surface area contributed by atoms with Crippen LogP contribution in [0.2, 0.25) is 10.0 Å². The number of hydrogen-bond acceptors (Lipinski definition) is 3. The number of hydrogen-bond donors (Lipinski definition) is 1. The number of amides is 1. The summed E-state index contributed by atoms with van der Waals surface area (Å²) >= 11 is 12.1. The zero-order chi connectivity index (χ0) is 16.0. The van der Waals surface area contributed by atoms with Crippen molar-refractivity contribution in [3.63, 3.8) is 0 Å². The number of nitrogens with one attached hydrogen (secondary N) is 1. The first-order valence-electron chi connectivity index (χ1n) is 6.65. The highest BCUT2D eigenvalue weighted by atomic mass is 35.5. The molecule has 0 saturated carbocycles. The lowest BCUT2D eigenvalue weighted by atomic mass is 10.0. The third-order valence-electron chi connectivity index (χ3n) is 2.93. The summed E-state index contributed by atoms with van der Waals surface area (Å²) in [6.45, 7) is 3.93. The van der Waals surface area contributed by atoms with Crippen molar-refractivity contribution < 1.29 is 14.3 Å². The van der Waals surface area contributed by atoms with Gasteiger partial charge in [-0.15, -0.1) is 0 Å². The number of rotatable bonds is 6. The molecule has 1 unspecified atom stereocenters. The maximum Gasteiger partial charge on any atom is 0.328 e. The van der Waals surface area contributed by atoms with Crippen LogP contribution in [0.1, 0.15) is 25.8 Å². The van der Waals surface area contributed by atoms with Crippen molar-refractivity contribution in [1.82, 2.24) is 5.32 Å². The summed E-state index contributed by atoms with van der Waals surface area (Å²) in [5.41, 5.74) is 0.548. The second-order valence-electron chi connectivity index (χ2n) is 5.15. The van der Waals surface area contributed by atoms with E-state index < -0.39 is 12.0 Å². The second kappa shape index (κ2) is 8.25. The Morgan fingerprint density at radius 1 is 1.24 bits per heavy atom. The zero-order valence-corrected chi connectivity index (χ0v) is 13.8. The Bertz CT molecular complexity index is 497. The van der Waals surface area contributed by atoms with Crippen LogP contribution < -0.4 is 5.32 Å². The van der Waals surface area contributed by atoms with E-state index in [2.05, 4.69) is 5.32 Å². The zero-order valence-electron chi connectivity index (χ0n) is 12.3. The Labute approximate surface area is 134 Å². The third kappa shape index (κ3) is 5.56. The highest BCUT2D eigenvalue weighted by Gasteiger charge is 2.23. The van der Waals surface area contributed by atoms with Gasteiger partial charge >= 0.3 is 5.97 Å². The van der Waals surface area contributed by atoms with Gasteiger partial charge in [-0.05, 0) is 30.0 Å². The fourth-order valence-electron chi connectivity index (χ4n) is 1.93. The van der Waals surface area contributed by atoms with Crippen LogP contribution in [0.3, 0.4) is 0 Å². The number of carbonyl (C=O) groups is 2. The second-order valence-corrected chi connectivity index (χ2v) is 5.96. The lowest BCUT2D eigenvalue weighted by Crippen LogP contribution is -2.43. The van der Waals surface area contributed by atoms with Gasteiger partial charge in [0.25, 0.3) is 0 Å². The monoisotopic (exact) mass is 331 g/mol. The molecule has 1 rings (SSSR count). The van der Waals surface area contributed by atoms with Crippen molar-refractivity contribution in [2.75, 3.05) is 7.11 Å². The first-order chi connectivity index (χ1) is 9.85. The number of carbonyl (C=O) groups excluding carboxylic acids is 2. The number of esters is 1. The average Bonchev–Trinajstić information content (AvgIpc) is 2.41. The molecule has 0 radical (unpaired) electrons. The van der Waals surface area contributed by atoms with Crippen LogP contribution in [-0.4, -0.2) is 25.0 Å². The van der Waals surface area contributed by atoms with Crippen LogP contribution in [0.5, 0.6) is 0 Å². The van der Waals surface area contributed by atoms with Gasteiger partial charge in [0.2, 0.25) is 5.91 Å². The standard InChI is InChI=1S/C15H19Cl2NO3/c1-9(2)7-13(15(20)21-3)18-14(19)8-10-11(16)5-4-6-12(10)17/h4-6,9,13H,7-8H2,1-3H3,(H,18,19). The highest BCUT2D eigenvalue weighted by molar-refractivity contribution is 6.36. The van der Waals surface area contributed by atoms with Crippen LogP contribution in [0.15, 0.2) is 18.2 Å². The maximum atomic E-state index is 12.1. The molecule has 4 nitrogen and oxygen atoms in total. The molecule has 1 N–H and O–H groups in total. The van der Waals surface area contributed by atoms with E-state index >= 15 is 0 Å². The van der Waals surface area contributed by atoms with Crippen molar-refractivity contribution in [1.29, 1.82) is 0 Å². The van der Waals surface area contributed by atoms with Gasteiger partial charge in [0.05, 0.1) is 13.5 Å². The van der Waals surface area contributed by atoms with E-state index in [1.807, 2.05) is 13.8 Å². The van der Waals surface area contributed by atoms with E-state index in [0.717, 1.165) is 0 Å². The summed E-state index contributed by atoms with van der Waals surface area (Å²) < 4.78 is 4.71. The Kier molecular flexibility index (Phi) is 6.99. The van der Waals surface area contributed by atoms with Crippen LogP contribution in [0.25, 0.3) is 0 Å². The fourth-order valence-corrected chi connectivity index (χ4v) is 2.47. The summed E-state index contributed by atoms with van der Waals surface area (Å²) in [5.74, 6) is -0.526. The van der Waals surface area contributed by atoms with Crippen molar-refractivity contribution in [2.24, 2.45) is 5.92 Å². The topological polar surface area (TPSA) is 55.4 Å². The molecule has 0 heterocycles. The minimum absolute atomic E-state index is 0.0180. The van der Waals surface area contributed by atoms with Gasteiger partial charge in [0.15, 0.2) is 0 Å². The van der Waals surface area contributed by atoms with Crippen molar-refractivity contribution in [3.8, 4) is 0 Å². The van der Waals surface area contributed by atoms with Crippen LogP contribution >= 0.6 is 23.2 Å². The van der Waals surface area contributed by atoms with Crippen molar-refractivity contribution in [3.05, 3.63) is 33.8 Å². The molecule has 0 aromatic heterocycles. The molecule has 21 heavy (non-hydrogen) atoms. The summed E-state index contributed by atoms with van der Waals surface area (Å²) in [6, 6.07) is 4.38. The van der Waals surface area contributed by atoms with E-state index in [9.17, 15) is 9.59 Å². The van der Waals surface area contributed by atoms with Crippen LogP contribution in [-0.2, 0) is 20.7 Å². The first-order valence-corrected chi connectivity index (χ1v) is 7.40. The SMILES string of the molecule is COC(=O)C(CC(C)C)NC(=O)Cc1c(Cl)cccc1Cl. The molecule has 1 aromatic carbocycles. The van der Waals surface area contributed by atoms with Gasteiger partial charge < -0.3 is 10.1 Å². The highest BCUT2D eigenvalue weighted by Crippen LogP contribution is 2.24. The summed E-state index contributed by atoms with van der Waals surface area (Å²) in [7, 11) is 1.30. The van der Waals surface area contributed by atoms with Crippen LogP contribution in [0, 0.1) is 5.92 Å². The summed E-state index contributed by atoms with van der Waals surface area (Å²) in [6.07, 6.45) is 0.527. The average molecular weight is 332 g/mol. The smallest absolute Gasteiger partial charge is 0.328 e. The lowest BCUT2D eigenvalue weighted by molar-refractivity contribution is -0.145. The minimum Gasteiger partial charge on any atom is -0.467 e. The molecule has 0 bridgehead atoms. The predicted octanol–water partition coefficient (Wildman–Crippen LogP) is 3.24. The number of ether oxygens (including phenoxy) is 1. The Balaban J connectivity index is 2.76. The molecule has 0 spiro atoms. The normalized spacial score (nSPS) is 12.1. The van der Waals surface area contributed by atoms with E-state index in [-0.39, 0.29) is 18.2 Å². The molecule has 0 aliphatic heterocycles. The van der Waals surface area contributed by atoms with E-state index in [0.29, 0.717) is 22.0 Å². The molecule has 6 heteroatoms. The van der Waals surface area contributed by atoms with E-state index in [4.69, 9.17) is 27.9 Å². The van der Waals surface area contributed by atoms with Crippen molar-refractivity contribution in [2.45, 2.75) is 32.7 Å². The number of halogens is 2. The largest absolute Gasteiger partial charge is 0.467 e. The summed E-state index contributed by atoms with van der Waals surface area (Å²) in [5, 5.41) is 3.53. The fraction of sp³-hybridized carbons (Fsp3) is 0.467. The van der Waals surface area contributed by atoms with E-state index in [1.165, 1.54) is 7.11 Å². The Hall–Kier alpha value is -1.26. The Morgan fingerprint density at radius 3 is 2.29 bits per heavy atom. The third-order valence-corrected chi connectivity index (χ3v) is 3.64.